The number of hydrogen-bond acceptors (Lipinski definition) is 2. The normalized spacial score (nSPS) is 11.3. The van der Waals surface area contributed by atoms with E-state index in [1.807, 2.05) is 43.3 Å². The van der Waals surface area contributed by atoms with E-state index in [4.69, 9.17) is 23.2 Å². The maximum absolute atomic E-state index is 5.80. The van der Waals surface area contributed by atoms with Crippen molar-refractivity contribution in [3.05, 3.63) is 34.8 Å². The van der Waals surface area contributed by atoms with Gasteiger partial charge in [-0.1, -0.05) is 35.3 Å². The molecular weight excluding hydrogens is 231 g/mol. The highest BCUT2D eigenvalue weighted by Gasteiger charge is 2.02. The summed E-state index contributed by atoms with van der Waals surface area (Å²) in [6.07, 6.45) is 0. The van der Waals surface area contributed by atoms with Crippen molar-refractivity contribution >= 4 is 34.6 Å². The van der Waals surface area contributed by atoms with E-state index < -0.39 is 0 Å². The maximum atomic E-state index is 5.80. The summed E-state index contributed by atoms with van der Waals surface area (Å²) in [6.45, 7) is 0.538. The lowest BCUT2D eigenvalue weighted by Gasteiger charge is -2.18. The summed E-state index contributed by atoms with van der Waals surface area (Å²) >= 11 is 11.3. The largest absolute Gasteiger partial charge is 0.378 e. The number of nitrogens with zero attached hydrogens (tertiary/aromatic N) is 1. The van der Waals surface area contributed by atoms with Gasteiger partial charge in [-0.3, -0.25) is 0 Å². The summed E-state index contributed by atoms with van der Waals surface area (Å²) in [5, 5.41) is 3.81. The molecule has 1 aromatic rings. The van der Waals surface area contributed by atoms with Crippen LogP contribution in [0.4, 0.5) is 11.4 Å². The second-order valence-corrected chi connectivity index (χ2v) is 4.02. The van der Waals surface area contributed by atoms with Crippen LogP contribution in [-0.4, -0.2) is 20.6 Å². The quantitative estimate of drug-likeness (QED) is 0.873. The minimum absolute atomic E-state index is 0.538. The van der Waals surface area contributed by atoms with Crippen LogP contribution in [0.25, 0.3) is 0 Å². The molecule has 0 aliphatic carbocycles. The van der Waals surface area contributed by atoms with Crippen molar-refractivity contribution in [2.45, 2.75) is 0 Å². The minimum Gasteiger partial charge on any atom is -0.378 e. The third kappa shape index (κ3) is 3.65. The number of benzene rings is 1. The van der Waals surface area contributed by atoms with Crippen LogP contribution >= 0.6 is 23.2 Å². The van der Waals surface area contributed by atoms with E-state index in [1.165, 1.54) is 5.54 Å². The van der Waals surface area contributed by atoms with Gasteiger partial charge in [-0.2, -0.15) is 0 Å². The fourth-order valence-electron chi connectivity index (χ4n) is 1.23. The van der Waals surface area contributed by atoms with Crippen molar-refractivity contribution < 1.29 is 0 Å². The van der Waals surface area contributed by atoms with Crippen molar-refractivity contribution in [2.24, 2.45) is 0 Å². The number of halogens is 2. The van der Waals surface area contributed by atoms with Crippen LogP contribution in [-0.2, 0) is 0 Å². The Bertz CT molecular complexity index is 348. The van der Waals surface area contributed by atoms with Gasteiger partial charge < -0.3 is 10.2 Å². The average Bonchev–Trinajstić information content (AvgIpc) is 2.26. The Balaban J connectivity index is 2.76. The standard InChI is InChI=1S/C11H14Cl2N2/c1-15(2)11-6-4-3-5-10(11)14-8-9(13)7-12/h3-7,14H,8H2,1-2H3/b9-7-. The van der Waals surface area contributed by atoms with E-state index >= 15 is 0 Å². The first-order chi connectivity index (χ1) is 7.15. The Morgan fingerprint density at radius 2 is 2.07 bits per heavy atom. The average molecular weight is 245 g/mol. The second kappa shape index (κ2) is 5.89. The Kier molecular flexibility index (Phi) is 4.79. The molecule has 0 amide bonds. The summed E-state index contributed by atoms with van der Waals surface area (Å²) in [4.78, 5) is 2.04. The fraction of sp³-hybridized carbons (Fsp3) is 0.273. The molecule has 0 radical (unpaired) electrons. The monoisotopic (exact) mass is 244 g/mol. The van der Waals surface area contributed by atoms with E-state index in [1.54, 1.807) is 0 Å². The molecule has 0 atom stereocenters. The van der Waals surface area contributed by atoms with E-state index in [9.17, 15) is 0 Å². The Morgan fingerprint density at radius 3 is 2.67 bits per heavy atom. The first-order valence-electron chi connectivity index (χ1n) is 4.60. The van der Waals surface area contributed by atoms with Gasteiger partial charge >= 0.3 is 0 Å². The number of rotatable bonds is 4. The highest BCUT2D eigenvalue weighted by molar-refractivity contribution is 6.36. The van der Waals surface area contributed by atoms with Gasteiger partial charge in [0.2, 0.25) is 0 Å². The third-order valence-electron chi connectivity index (χ3n) is 1.95. The molecule has 15 heavy (non-hydrogen) atoms. The summed E-state index contributed by atoms with van der Waals surface area (Å²) < 4.78 is 0. The van der Waals surface area contributed by atoms with Crippen LogP contribution in [0.2, 0.25) is 0 Å². The highest BCUT2D eigenvalue weighted by Crippen LogP contribution is 2.23. The lowest BCUT2D eigenvalue weighted by molar-refractivity contribution is 1.12. The van der Waals surface area contributed by atoms with Crippen molar-refractivity contribution in [3.63, 3.8) is 0 Å². The molecule has 0 saturated carbocycles. The van der Waals surface area contributed by atoms with Crippen molar-refractivity contribution in [1.82, 2.24) is 0 Å². The molecule has 0 spiro atoms. The molecule has 82 valence electrons. The Morgan fingerprint density at radius 1 is 1.40 bits per heavy atom. The molecule has 0 aliphatic heterocycles. The van der Waals surface area contributed by atoms with Gasteiger partial charge in [0, 0.05) is 24.7 Å². The second-order valence-electron chi connectivity index (χ2n) is 3.32. The Hall–Kier alpha value is -0.860. The summed E-state index contributed by atoms with van der Waals surface area (Å²) in [5.74, 6) is 0. The third-order valence-corrected chi connectivity index (χ3v) is 2.57. The van der Waals surface area contributed by atoms with Crippen molar-refractivity contribution in [1.29, 1.82) is 0 Å². The topological polar surface area (TPSA) is 15.3 Å². The Labute approximate surface area is 100 Å². The van der Waals surface area contributed by atoms with E-state index in [0.717, 1.165) is 11.4 Å². The molecule has 0 fully saturated rings. The lowest BCUT2D eigenvalue weighted by Crippen LogP contribution is -2.12. The SMILES string of the molecule is CN(C)c1ccccc1NC/C(Cl)=C/Cl. The zero-order valence-corrected chi connectivity index (χ0v) is 10.3. The molecular formula is C11H14Cl2N2. The van der Waals surface area contributed by atoms with Gasteiger partial charge in [-0.25, -0.2) is 0 Å². The lowest BCUT2D eigenvalue weighted by atomic mass is 10.2. The van der Waals surface area contributed by atoms with Crippen LogP contribution in [0.3, 0.4) is 0 Å². The maximum Gasteiger partial charge on any atom is 0.0596 e. The summed E-state index contributed by atoms with van der Waals surface area (Å²) in [7, 11) is 4.00. The van der Waals surface area contributed by atoms with Crippen LogP contribution in [0, 0.1) is 0 Å². The van der Waals surface area contributed by atoms with Crippen LogP contribution in [0.15, 0.2) is 34.8 Å². The zero-order valence-electron chi connectivity index (χ0n) is 8.80. The smallest absolute Gasteiger partial charge is 0.0596 e. The van der Waals surface area contributed by atoms with Crippen molar-refractivity contribution in [3.8, 4) is 0 Å². The van der Waals surface area contributed by atoms with Gasteiger partial charge in [-0.15, -0.1) is 0 Å². The first kappa shape index (κ1) is 12.2. The van der Waals surface area contributed by atoms with E-state index in [-0.39, 0.29) is 0 Å². The molecule has 1 rings (SSSR count). The first-order valence-corrected chi connectivity index (χ1v) is 5.41. The molecule has 0 bridgehead atoms. The number of para-hydroxylation sites is 2. The molecule has 1 aromatic carbocycles. The van der Waals surface area contributed by atoms with Gasteiger partial charge in [0.1, 0.15) is 0 Å². The number of nitrogens with one attached hydrogen (secondary N) is 1. The minimum atomic E-state index is 0.538. The summed E-state index contributed by atoms with van der Waals surface area (Å²) in [5.41, 5.74) is 3.53. The van der Waals surface area contributed by atoms with Gasteiger partial charge in [0.05, 0.1) is 17.9 Å². The highest BCUT2D eigenvalue weighted by atomic mass is 35.5. The zero-order chi connectivity index (χ0) is 11.3. The van der Waals surface area contributed by atoms with E-state index in [2.05, 4.69) is 5.32 Å². The fourth-order valence-corrected chi connectivity index (χ4v) is 1.38. The number of hydrogen-bond donors (Lipinski definition) is 1. The van der Waals surface area contributed by atoms with E-state index in [0.29, 0.717) is 11.6 Å². The van der Waals surface area contributed by atoms with Gasteiger partial charge in [0.15, 0.2) is 0 Å². The summed E-state index contributed by atoms with van der Waals surface area (Å²) in [6, 6.07) is 8.03. The molecule has 0 saturated heterocycles. The molecule has 0 unspecified atom stereocenters. The van der Waals surface area contributed by atoms with Gasteiger partial charge in [-0.05, 0) is 12.1 Å². The van der Waals surface area contributed by atoms with Crippen LogP contribution < -0.4 is 10.2 Å². The molecule has 1 N–H and O–H groups in total. The van der Waals surface area contributed by atoms with Crippen molar-refractivity contribution in [2.75, 3.05) is 30.9 Å². The van der Waals surface area contributed by atoms with Gasteiger partial charge in [0.25, 0.3) is 0 Å². The number of anilines is 2. The predicted octanol–water partition coefficient (Wildman–Crippen LogP) is 3.48. The molecule has 4 heteroatoms. The molecule has 0 aliphatic rings. The molecule has 0 aromatic heterocycles. The predicted molar refractivity (Wildman–Crippen MR) is 69.0 cm³/mol. The van der Waals surface area contributed by atoms with Crippen LogP contribution in [0.1, 0.15) is 0 Å². The molecule has 0 heterocycles. The molecule has 2 nitrogen and oxygen atoms in total. The van der Waals surface area contributed by atoms with Crippen LogP contribution in [0.5, 0.6) is 0 Å².